The van der Waals surface area contributed by atoms with Crippen molar-refractivity contribution in [1.82, 2.24) is 9.80 Å². The van der Waals surface area contributed by atoms with Crippen molar-refractivity contribution in [3.05, 3.63) is 17.7 Å². The van der Waals surface area contributed by atoms with Gasteiger partial charge in [-0.1, -0.05) is 18.9 Å². The number of hydrogen-bond donors (Lipinski definition) is 0. The van der Waals surface area contributed by atoms with E-state index in [0.29, 0.717) is 23.2 Å². The van der Waals surface area contributed by atoms with Gasteiger partial charge in [0.2, 0.25) is 11.7 Å². The summed E-state index contributed by atoms with van der Waals surface area (Å²) in [5.74, 6) is 2.46. The third kappa shape index (κ3) is 5.70. The van der Waals surface area contributed by atoms with Crippen molar-refractivity contribution in [2.45, 2.75) is 45.1 Å². The van der Waals surface area contributed by atoms with E-state index in [2.05, 4.69) is 9.80 Å². The highest BCUT2D eigenvalue weighted by Crippen LogP contribution is 2.40. The Morgan fingerprint density at radius 2 is 1.62 bits per heavy atom. The Hall–Kier alpha value is -1.66. The monoisotopic (exact) mass is 426 g/mol. The van der Waals surface area contributed by atoms with Crippen LogP contribution in [0.25, 0.3) is 0 Å². The minimum atomic E-state index is 0. The van der Waals surface area contributed by atoms with Crippen molar-refractivity contribution >= 4 is 18.3 Å². The van der Waals surface area contributed by atoms with Gasteiger partial charge in [0.25, 0.3) is 0 Å². The zero-order valence-electron chi connectivity index (χ0n) is 17.9. The van der Waals surface area contributed by atoms with Crippen molar-refractivity contribution in [2.24, 2.45) is 5.92 Å². The summed E-state index contributed by atoms with van der Waals surface area (Å²) in [6, 6.07) is 3.95. The van der Waals surface area contributed by atoms with E-state index >= 15 is 0 Å². The average Bonchev–Trinajstić information content (AvgIpc) is 3.02. The van der Waals surface area contributed by atoms with Crippen LogP contribution < -0.4 is 14.2 Å². The first kappa shape index (κ1) is 23.6. The van der Waals surface area contributed by atoms with Gasteiger partial charge >= 0.3 is 0 Å². The SMILES string of the molecule is COc1ccc(CN2CCCC(C(=O)N3CCCCCC3)C2)c(OC)c1OC.Cl. The van der Waals surface area contributed by atoms with E-state index in [4.69, 9.17) is 14.2 Å². The lowest BCUT2D eigenvalue weighted by Gasteiger charge is -2.35. The quantitative estimate of drug-likeness (QED) is 0.693. The fourth-order valence-corrected chi connectivity index (χ4v) is 4.48. The maximum absolute atomic E-state index is 13.0. The van der Waals surface area contributed by atoms with Gasteiger partial charge < -0.3 is 19.1 Å². The molecule has 2 aliphatic rings. The van der Waals surface area contributed by atoms with Crippen molar-refractivity contribution < 1.29 is 19.0 Å². The van der Waals surface area contributed by atoms with Gasteiger partial charge in [-0.15, -0.1) is 12.4 Å². The van der Waals surface area contributed by atoms with Crippen LogP contribution in [0.15, 0.2) is 12.1 Å². The number of carbonyl (C=O) groups excluding carboxylic acids is 1. The number of ether oxygens (including phenoxy) is 3. The molecule has 3 rings (SSSR count). The molecule has 29 heavy (non-hydrogen) atoms. The van der Waals surface area contributed by atoms with E-state index in [1.165, 1.54) is 12.8 Å². The van der Waals surface area contributed by atoms with Crippen LogP contribution in [-0.4, -0.2) is 63.2 Å². The number of amides is 1. The number of carbonyl (C=O) groups is 1. The number of halogens is 1. The zero-order valence-corrected chi connectivity index (χ0v) is 18.8. The Kier molecular flexibility index (Phi) is 9.37. The predicted molar refractivity (Wildman–Crippen MR) is 116 cm³/mol. The molecule has 2 heterocycles. The molecule has 1 aromatic carbocycles. The van der Waals surface area contributed by atoms with E-state index < -0.39 is 0 Å². The third-order valence-corrected chi connectivity index (χ3v) is 5.95. The molecule has 0 aromatic heterocycles. The van der Waals surface area contributed by atoms with Gasteiger partial charge in [-0.25, -0.2) is 0 Å². The van der Waals surface area contributed by atoms with Gasteiger partial charge in [0.1, 0.15) is 0 Å². The fraction of sp³-hybridized carbons (Fsp3) is 0.682. The Balaban J connectivity index is 0.00000300. The normalized spacial score (nSPS) is 20.4. The molecule has 0 radical (unpaired) electrons. The van der Waals surface area contributed by atoms with Crippen molar-refractivity contribution in [3.63, 3.8) is 0 Å². The number of benzene rings is 1. The second-order valence-corrected chi connectivity index (χ2v) is 7.81. The summed E-state index contributed by atoms with van der Waals surface area (Å²) < 4.78 is 16.5. The zero-order chi connectivity index (χ0) is 19.9. The van der Waals surface area contributed by atoms with Gasteiger partial charge in [-0.2, -0.15) is 0 Å². The lowest BCUT2D eigenvalue weighted by atomic mass is 9.95. The lowest BCUT2D eigenvalue weighted by molar-refractivity contribution is -0.137. The Morgan fingerprint density at radius 1 is 0.931 bits per heavy atom. The van der Waals surface area contributed by atoms with Crippen molar-refractivity contribution in [1.29, 1.82) is 0 Å². The molecule has 164 valence electrons. The highest BCUT2D eigenvalue weighted by molar-refractivity contribution is 5.85. The van der Waals surface area contributed by atoms with Crippen molar-refractivity contribution in [2.75, 3.05) is 47.5 Å². The second-order valence-electron chi connectivity index (χ2n) is 7.81. The van der Waals surface area contributed by atoms with Gasteiger partial charge in [0.05, 0.1) is 27.2 Å². The highest BCUT2D eigenvalue weighted by Gasteiger charge is 2.30. The van der Waals surface area contributed by atoms with E-state index in [9.17, 15) is 4.79 Å². The molecule has 1 atom stereocenters. The molecule has 0 bridgehead atoms. The maximum atomic E-state index is 13.0. The van der Waals surface area contributed by atoms with Crippen LogP contribution in [0.5, 0.6) is 17.2 Å². The topological polar surface area (TPSA) is 51.2 Å². The molecule has 0 saturated carbocycles. The molecule has 6 nitrogen and oxygen atoms in total. The fourth-order valence-electron chi connectivity index (χ4n) is 4.48. The number of likely N-dealkylation sites (tertiary alicyclic amines) is 2. The maximum Gasteiger partial charge on any atom is 0.226 e. The molecule has 7 heteroatoms. The number of methoxy groups -OCH3 is 3. The summed E-state index contributed by atoms with van der Waals surface area (Å²) >= 11 is 0. The van der Waals surface area contributed by atoms with Crippen LogP contribution in [0.4, 0.5) is 0 Å². The number of hydrogen-bond acceptors (Lipinski definition) is 5. The summed E-state index contributed by atoms with van der Waals surface area (Å²) in [6.45, 7) is 4.42. The molecule has 2 aliphatic heterocycles. The van der Waals surface area contributed by atoms with Crippen LogP contribution in [-0.2, 0) is 11.3 Å². The first-order valence-corrected chi connectivity index (χ1v) is 10.5. The lowest BCUT2D eigenvalue weighted by Crippen LogP contribution is -2.44. The number of rotatable bonds is 6. The van der Waals surface area contributed by atoms with Gasteiger partial charge in [-0.05, 0) is 38.3 Å². The third-order valence-electron chi connectivity index (χ3n) is 5.95. The predicted octanol–water partition coefficient (Wildman–Crippen LogP) is 3.75. The van der Waals surface area contributed by atoms with Crippen LogP contribution in [0.1, 0.15) is 44.1 Å². The first-order chi connectivity index (χ1) is 13.7. The largest absolute Gasteiger partial charge is 0.493 e. The average molecular weight is 427 g/mol. The van der Waals surface area contributed by atoms with Crippen LogP contribution in [0, 0.1) is 5.92 Å². The van der Waals surface area contributed by atoms with E-state index in [1.807, 2.05) is 12.1 Å². The van der Waals surface area contributed by atoms with E-state index in [1.54, 1.807) is 21.3 Å². The van der Waals surface area contributed by atoms with Gasteiger partial charge in [0, 0.05) is 31.7 Å². The van der Waals surface area contributed by atoms with E-state index in [0.717, 1.165) is 64.0 Å². The summed E-state index contributed by atoms with van der Waals surface area (Å²) in [5.41, 5.74) is 1.06. The Bertz CT molecular complexity index is 662. The van der Waals surface area contributed by atoms with Crippen molar-refractivity contribution in [3.8, 4) is 17.2 Å². The van der Waals surface area contributed by atoms with Crippen LogP contribution in [0.3, 0.4) is 0 Å². The molecule has 0 aliphatic carbocycles. The molecule has 0 N–H and O–H groups in total. The molecule has 2 saturated heterocycles. The summed E-state index contributed by atoms with van der Waals surface area (Å²) in [7, 11) is 4.91. The number of piperidine rings is 1. The Morgan fingerprint density at radius 3 is 2.24 bits per heavy atom. The highest BCUT2D eigenvalue weighted by atomic mass is 35.5. The Labute approximate surface area is 180 Å². The first-order valence-electron chi connectivity index (χ1n) is 10.5. The molecular weight excluding hydrogens is 392 g/mol. The second kappa shape index (κ2) is 11.5. The standard InChI is InChI=1S/C22H34N2O4.ClH/c1-26-19-11-10-17(20(27-2)21(19)28-3)15-23-12-8-9-18(16-23)22(25)24-13-6-4-5-7-14-24;/h10-11,18H,4-9,12-16H2,1-3H3;1H. The number of nitrogens with zero attached hydrogens (tertiary/aromatic N) is 2. The van der Waals surface area contributed by atoms with Crippen LogP contribution >= 0.6 is 12.4 Å². The van der Waals surface area contributed by atoms with E-state index in [-0.39, 0.29) is 18.3 Å². The summed E-state index contributed by atoms with van der Waals surface area (Å²) in [4.78, 5) is 17.5. The van der Waals surface area contributed by atoms with Crippen LogP contribution in [0.2, 0.25) is 0 Å². The molecule has 2 fully saturated rings. The summed E-state index contributed by atoms with van der Waals surface area (Å²) in [6.07, 6.45) is 6.84. The smallest absolute Gasteiger partial charge is 0.226 e. The molecule has 1 amide bonds. The summed E-state index contributed by atoms with van der Waals surface area (Å²) in [5, 5.41) is 0. The minimum Gasteiger partial charge on any atom is -0.493 e. The van der Waals surface area contributed by atoms with Gasteiger partial charge in [0.15, 0.2) is 11.5 Å². The molecular formula is C22H35ClN2O4. The molecule has 0 spiro atoms. The molecule has 1 unspecified atom stereocenters. The minimum absolute atomic E-state index is 0. The van der Waals surface area contributed by atoms with Gasteiger partial charge in [-0.3, -0.25) is 9.69 Å². The molecule has 1 aromatic rings.